The minimum absolute atomic E-state index is 0. The Labute approximate surface area is 237 Å². The van der Waals surface area contributed by atoms with E-state index in [1.54, 1.807) is 14.2 Å². The van der Waals surface area contributed by atoms with E-state index in [9.17, 15) is 0 Å². The Balaban J connectivity index is 0.00000241. The van der Waals surface area contributed by atoms with Gasteiger partial charge in [-0.3, -0.25) is 0 Å². The van der Waals surface area contributed by atoms with Gasteiger partial charge < -0.3 is 19.7 Å². The van der Waals surface area contributed by atoms with E-state index < -0.39 is 0 Å². The minimum Gasteiger partial charge on any atom is -0.497 e. The Morgan fingerprint density at radius 2 is 1.51 bits per heavy atom. The van der Waals surface area contributed by atoms with Crippen LogP contribution in [0.2, 0.25) is 5.02 Å². The number of benzene rings is 3. The van der Waals surface area contributed by atoms with Crippen molar-refractivity contribution in [1.82, 2.24) is 9.88 Å². The lowest BCUT2D eigenvalue weighted by atomic mass is 9.99. The summed E-state index contributed by atoms with van der Waals surface area (Å²) in [7, 11) is 3.39. The smallest absolute Gasteiger partial charge is 0.119 e. The second-order valence-electron chi connectivity index (χ2n) is 8.67. The summed E-state index contributed by atoms with van der Waals surface area (Å²) in [5.41, 5.74) is 4.04. The maximum Gasteiger partial charge on any atom is 0.119 e. The summed E-state index contributed by atoms with van der Waals surface area (Å²) < 4.78 is 10.9. The topological polar surface area (TPSA) is 46.6 Å². The first-order chi connectivity index (χ1) is 17.1. The second-order valence-corrected chi connectivity index (χ2v) is 9.11. The molecule has 0 bridgehead atoms. The molecule has 1 atom stereocenters. The number of pyridine rings is 1. The summed E-state index contributed by atoms with van der Waals surface area (Å²) in [5.74, 6) is 1.66. The summed E-state index contributed by atoms with van der Waals surface area (Å²) in [4.78, 5) is 7.35. The van der Waals surface area contributed by atoms with Crippen molar-refractivity contribution in [2.24, 2.45) is 0 Å². The van der Waals surface area contributed by atoms with Crippen molar-refractivity contribution in [2.75, 3.05) is 39.2 Å². The van der Waals surface area contributed by atoms with Crippen molar-refractivity contribution in [3.8, 4) is 11.5 Å². The third-order valence-electron chi connectivity index (χ3n) is 6.64. The number of hydrogen-bond donors (Lipinski definition) is 1. The van der Waals surface area contributed by atoms with Gasteiger partial charge >= 0.3 is 0 Å². The molecule has 0 aliphatic carbocycles. The first-order valence-corrected chi connectivity index (χ1v) is 12.6. The number of nitrogens with one attached hydrogen (secondary N) is 1. The number of halogens is 3. The van der Waals surface area contributed by atoms with Crippen LogP contribution in [0.4, 0.5) is 5.69 Å². The lowest BCUT2D eigenvalue weighted by molar-refractivity contribution is 0.294. The summed E-state index contributed by atoms with van der Waals surface area (Å²) in [6.07, 6.45) is 2.08. The third-order valence-corrected chi connectivity index (χ3v) is 6.88. The molecular weight excluding hydrogens is 529 g/mol. The molecule has 1 unspecified atom stereocenters. The number of nitrogens with zero attached hydrogens (tertiary/aromatic N) is 2. The summed E-state index contributed by atoms with van der Waals surface area (Å²) in [6, 6.07) is 20.4. The Morgan fingerprint density at radius 3 is 2.16 bits per heavy atom. The van der Waals surface area contributed by atoms with Gasteiger partial charge in [-0.25, -0.2) is 4.98 Å². The highest BCUT2D eigenvalue weighted by molar-refractivity contribution is 6.31. The zero-order valence-electron chi connectivity index (χ0n) is 21.8. The van der Waals surface area contributed by atoms with Gasteiger partial charge in [0.05, 0.1) is 37.0 Å². The van der Waals surface area contributed by atoms with E-state index in [2.05, 4.69) is 42.3 Å². The highest BCUT2D eigenvalue weighted by Crippen LogP contribution is 2.37. The van der Waals surface area contributed by atoms with Gasteiger partial charge in [0.2, 0.25) is 0 Å². The predicted molar refractivity (Wildman–Crippen MR) is 162 cm³/mol. The van der Waals surface area contributed by atoms with Crippen molar-refractivity contribution < 1.29 is 9.47 Å². The van der Waals surface area contributed by atoms with Crippen LogP contribution in [0.3, 0.4) is 0 Å². The number of rotatable bonds is 11. The molecule has 0 aliphatic heterocycles. The predicted octanol–water partition coefficient (Wildman–Crippen LogP) is 8.18. The van der Waals surface area contributed by atoms with E-state index in [1.165, 1.54) is 5.56 Å². The average Bonchev–Trinajstić information content (AvgIpc) is 2.89. The van der Waals surface area contributed by atoms with Gasteiger partial charge in [0.25, 0.3) is 0 Å². The normalized spacial score (nSPS) is 11.6. The van der Waals surface area contributed by atoms with Gasteiger partial charge in [0, 0.05) is 15.8 Å². The Hall–Kier alpha value is -2.44. The number of methoxy groups -OCH3 is 2. The lowest BCUT2D eigenvalue weighted by Crippen LogP contribution is -2.25. The van der Waals surface area contributed by atoms with Gasteiger partial charge in [-0.15, -0.1) is 24.8 Å². The molecule has 1 aromatic heterocycles. The Morgan fingerprint density at radius 1 is 0.838 bits per heavy atom. The average molecular weight is 565 g/mol. The fourth-order valence-corrected chi connectivity index (χ4v) is 4.74. The second kappa shape index (κ2) is 14.5. The number of aromatic nitrogens is 1. The monoisotopic (exact) mass is 563 g/mol. The largest absolute Gasteiger partial charge is 0.497 e. The fourth-order valence-electron chi connectivity index (χ4n) is 4.57. The summed E-state index contributed by atoms with van der Waals surface area (Å²) in [6.45, 7) is 7.64. The summed E-state index contributed by atoms with van der Waals surface area (Å²) in [5, 5.41) is 6.65. The van der Waals surface area contributed by atoms with Crippen LogP contribution < -0.4 is 14.8 Å². The van der Waals surface area contributed by atoms with Crippen LogP contribution in [0.5, 0.6) is 11.5 Å². The molecule has 1 N–H and O–H groups in total. The van der Waals surface area contributed by atoms with Crippen LogP contribution in [0, 0.1) is 0 Å². The zero-order chi connectivity index (χ0) is 24.8. The Kier molecular flexibility index (Phi) is 12.1. The van der Waals surface area contributed by atoms with Gasteiger partial charge in [-0.05, 0) is 86.6 Å². The van der Waals surface area contributed by atoms with Crippen LogP contribution in [0.15, 0.2) is 60.7 Å². The zero-order valence-corrected chi connectivity index (χ0v) is 24.2. The number of ether oxygens (including phenoxy) is 2. The number of hydrogen-bond acceptors (Lipinski definition) is 5. The highest BCUT2D eigenvalue weighted by atomic mass is 35.5. The van der Waals surface area contributed by atoms with E-state index in [0.717, 1.165) is 71.5 Å². The van der Waals surface area contributed by atoms with E-state index in [-0.39, 0.29) is 30.9 Å². The van der Waals surface area contributed by atoms with Crippen molar-refractivity contribution in [2.45, 2.75) is 32.7 Å². The SMILES string of the molecule is CCN(CC)CCCC(Nc1c2ccc(Cl)cc2nc2ccc(OC)cc12)c1ccc(OC)cc1.Cl.Cl. The molecule has 200 valence electrons. The quantitative estimate of drug-likeness (QED) is 0.186. The van der Waals surface area contributed by atoms with Crippen LogP contribution in [-0.4, -0.2) is 43.7 Å². The molecule has 8 heteroatoms. The fraction of sp³-hybridized carbons (Fsp3) is 0.345. The van der Waals surface area contributed by atoms with Gasteiger partial charge in [-0.2, -0.15) is 0 Å². The molecule has 3 aromatic carbocycles. The maximum absolute atomic E-state index is 6.33. The van der Waals surface area contributed by atoms with Crippen molar-refractivity contribution in [3.63, 3.8) is 0 Å². The Bertz CT molecular complexity index is 1280. The van der Waals surface area contributed by atoms with Gasteiger partial charge in [-0.1, -0.05) is 37.6 Å². The molecule has 37 heavy (non-hydrogen) atoms. The standard InChI is InChI=1S/C29H34ClN3O2.2ClH/c1-5-33(6-2)17-7-8-26(20-9-12-22(34-3)13-10-20)32-29-24-15-11-21(30)18-28(24)31-27-16-14-23(35-4)19-25(27)29;;/h9-16,18-19,26H,5-8,17H2,1-4H3,(H,31,32);2*1H. The van der Waals surface area contributed by atoms with E-state index >= 15 is 0 Å². The van der Waals surface area contributed by atoms with Crippen molar-refractivity contribution in [3.05, 3.63) is 71.2 Å². The van der Waals surface area contributed by atoms with E-state index in [4.69, 9.17) is 26.1 Å². The molecule has 0 radical (unpaired) electrons. The van der Waals surface area contributed by atoms with E-state index in [0.29, 0.717) is 5.02 Å². The van der Waals surface area contributed by atoms with Crippen LogP contribution in [0.1, 0.15) is 38.3 Å². The molecule has 4 rings (SSSR count). The van der Waals surface area contributed by atoms with Crippen LogP contribution in [-0.2, 0) is 0 Å². The molecule has 0 saturated carbocycles. The molecule has 4 aromatic rings. The maximum atomic E-state index is 6.33. The third kappa shape index (κ3) is 7.32. The van der Waals surface area contributed by atoms with Gasteiger partial charge in [0.1, 0.15) is 11.5 Å². The first-order valence-electron chi connectivity index (χ1n) is 12.3. The lowest BCUT2D eigenvalue weighted by Gasteiger charge is -2.25. The highest BCUT2D eigenvalue weighted by Gasteiger charge is 2.17. The molecule has 0 fully saturated rings. The van der Waals surface area contributed by atoms with Gasteiger partial charge in [0.15, 0.2) is 0 Å². The number of fused-ring (bicyclic) bond motifs is 2. The molecule has 1 heterocycles. The number of anilines is 1. The molecular formula is C29H36Cl3N3O2. The van der Waals surface area contributed by atoms with Crippen LogP contribution >= 0.6 is 36.4 Å². The summed E-state index contributed by atoms with van der Waals surface area (Å²) >= 11 is 6.33. The molecule has 0 spiro atoms. The first kappa shape index (κ1) is 30.8. The van der Waals surface area contributed by atoms with E-state index in [1.807, 2.05) is 42.5 Å². The van der Waals surface area contributed by atoms with Crippen LogP contribution in [0.25, 0.3) is 21.8 Å². The molecule has 0 aliphatic rings. The van der Waals surface area contributed by atoms with Crippen molar-refractivity contribution >= 4 is 63.9 Å². The van der Waals surface area contributed by atoms with Crippen molar-refractivity contribution in [1.29, 1.82) is 0 Å². The minimum atomic E-state index is 0. The molecule has 0 amide bonds. The molecule has 5 nitrogen and oxygen atoms in total. The molecule has 0 saturated heterocycles.